The van der Waals surface area contributed by atoms with Gasteiger partial charge in [-0.05, 0) is 62.1 Å². The van der Waals surface area contributed by atoms with Crippen LogP contribution in [0, 0.1) is 23.2 Å². The monoisotopic (exact) mass is 381 g/mol. The summed E-state index contributed by atoms with van der Waals surface area (Å²) in [7, 11) is 0. The molecule has 5 nitrogen and oxygen atoms in total. The van der Waals surface area contributed by atoms with Crippen LogP contribution in [0.25, 0.3) is 0 Å². The van der Waals surface area contributed by atoms with E-state index in [-0.39, 0.29) is 23.7 Å². The highest BCUT2D eigenvalue weighted by Gasteiger charge is 2.30. The zero-order valence-electron chi connectivity index (χ0n) is 14.7. The van der Waals surface area contributed by atoms with E-state index in [1.165, 1.54) is 0 Å². The number of amides is 2. The molecule has 0 atom stereocenters. The highest BCUT2D eigenvalue weighted by atomic mass is 35.5. The molecule has 1 aliphatic carbocycles. The molecule has 6 heteroatoms. The molecule has 0 bridgehead atoms. The van der Waals surface area contributed by atoms with Crippen LogP contribution in [0.5, 0.6) is 0 Å². The largest absolute Gasteiger partial charge is 0.326 e. The van der Waals surface area contributed by atoms with Gasteiger partial charge in [-0.1, -0.05) is 23.7 Å². The zero-order valence-corrected chi connectivity index (χ0v) is 15.5. The third kappa shape index (κ3) is 4.87. The van der Waals surface area contributed by atoms with Crippen LogP contribution in [0.2, 0.25) is 5.02 Å². The Morgan fingerprint density at radius 2 is 1.44 bits per heavy atom. The van der Waals surface area contributed by atoms with E-state index in [4.69, 9.17) is 16.9 Å². The van der Waals surface area contributed by atoms with E-state index in [0.717, 1.165) is 5.69 Å². The number of para-hydroxylation sites is 1. The fourth-order valence-corrected chi connectivity index (χ4v) is 3.45. The molecule has 1 aliphatic rings. The van der Waals surface area contributed by atoms with Gasteiger partial charge >= 0.3 is 0 Å². The van der Waals surface area contributed by atoms with Gasteiger partial charge in [-0.2, -0.15) is 5.26 Å². The van der Waals surface area contributed by atoms with E-state index in [1.54, 1.807) is 48.5 Å². The minimum absolute atomic E-state index is 0.0222. The molecular formula is C21H20ClN3O2. The van der Waals surface area contributed by atoms with Crippen LogP contribution in [-0.2, 0) is 9.59 Å². The Bertz CT molecular complexity index is 866. The first-order valence-corrected chi connectivity index (χ1v) is 9.31. The molecular weight excluding hydrogens is 362 g/mol. The van der Waals surface area contributed by atoms with E-state index in [9.17, 15) is 9.59 Å². The van der Waals surface area contributed by atoms with E-state index in [0.29, 0.717) is 42.0 Å². The van der Waals surface area contributed by atoms with Crippen molar-refractivity contribution in [1.29, 1.82) is 5.26 Å². The molecule has 2 amide bonds. The second kappa shape index (κ2) is 8.70. The fraction of sp³-hybridized carbons (Fsp3) is 0.286. The average Bonchev–Trinajstić information content (AvgIpc) is 2.70. The summed E-state index contributed by atoms with van der Waals surface area (Å²) >= 11 is 5.85. The van der Waals surface area contributed by atoms with Crippen LogP contribution < -0.4 is 10.6 Å². The lowest BCUT2D eigenvalue weighted by Crippen LogP contribution is -2.32. The molecule has 27 heavy (non-hydrogen) atoms. The topological polar surface area (TPSA) is 82.0 Å². The van der Waals surface area contributed by atoms with E-state index >= 15 is 0 Å². The summed E-state index contributed by atoms with van der Waals surface area (Å²) in [5, 5.41) is 15.5. The van der Waals surface area contributed by atoms with Crippen molar-refractivity contribution in [3.63, 3.8) is 0 Å². The molecule has 2 N–H and O–H groups in total. The number of halogens is 1. The van der Waals surface area contributed by atoms with Crippen LogP contribution in [0.1, 0.15) is 31.2 Å². The molecule has 138 valence electrons. The molecule has 1 fully saturated rings. The molecule has 0 aromatic heterocycles. The third-order valence-corrected chi connectivity index (χ3v) is 5.14. The van der Waals surface area contributed by atoms with Crippen molar-refractivity contribution < 1.29 is 9.59 Å². The molecule has 2 aromatic rings. The first-order chi connectivity index (χ1) is 13.1. The number of hydrogen-bond donors (Lipinski definition) is 2. The predicted molar refractivity (Wildman–Crippen MR) is 105 cm³/mol. The van der Waals surface area contributed by atoms with Crippen molar-refractivity contribution in [3.05, 3.63) is 59.1 Å². The van der Waals surface area contributed by atoms with Crippen LogP contribution in [0.15, 0.2) is 48.5 Å². The summed E-state index contributed by atoms with van der Waals surface area (Å²) in [6.07, 6.45) is 2.63. The van der Waals surface area contributed by atoms with E-state index < -0.39 is 0 Å². The number of carbonyl (C=O) groups excluding carboxylic acids is 2. The normalized spacial score (nSPS) is 19.0. The van der Waals surface area contributed by atoms with E-state index in [1.807, 2.05) is 0 Å². The van der Waals surface area contributed by atoms with Crippen molar-refractivity contribution in [3.8, 4) is 6.07 Å². The average molecular weight is 382 g/mol. The van der Waals surface area contributed by atoms with Gasteiger partial charge in [-0.3, -0.25) is 9.59 Å². The first kappa shape index (κ1) is 18.9. The van der Waals surface area contributed by atoms with Gasteiger partial charge in [0.2, 0.25) is 11.8 Å². The maximum Gasteiger partial charge on any atom is 0.227 e. The minimum Gasteiger partial charge on any atom is -0.326 e. The molecule has 0 heterocycles. The lowest BCUT2D eigenvalue weighted by atomic mass is 9.81. The summed E-state index contributed by atoms with van der Waals surface area (Å²) in [5.74, 6) is -0.354. The van der Waals surface area contributed by atoms with Crippen molar-refractivity contribution in [2.75, 3.05) is 10.6 Å². The fourth-order valence-electron chi connectivity index (χ4n) is 3.32. The Kier molecular flexibility index (Phi) is 6.10. The van der Waals surface area contributed by atoms with Gasteiger partial charge in [0.25, 0.3) is 0 Å². The van der Waals surface area contributed by atoms with Gasteiger partial charge in [0, 0.05) is 22.5 Å². The standard InChI is InChI=1S/C21H20ClN3O2/c22-17-9-11-18(12-10-17)24-20(26)14-5-7-15(8-6-14)21(27)25-19-4-2-1-3-16(19)13-23/h1-4,9-12,14-15H,5-8H2,(H,24,26)(H,25,27). The van der Waals surface area contributed by atoms with Gasteiger partial charge < -0.3 is 10.6 Å². The minimum atomic E-state index is -0.142. The predicted octanol–water partition coefficient (Wildman–Crippen LogP) is 4.60. The van der Waals surface area contributed by atoms with Gasteiger partial charge in [-0.25, -0.2) is 0 Å². The summed E-state index contributed by atoms with van der Waals surface area (Å²) < 4.78 is 0. The lowest BCUT2D eigenvalue weighted by molar-refractivity contribution is -0.125. The molecule has 0 saturated heterocycles. The second-order valence-corrected chi connectivity index (χ2v) is 7.13. The number of benzene rings is 2. The Labute approximate surface area is 163 Å². The number of nitrogens with one attached hydrogen (secondary N) is 2. The summed E-state index contributed by atoms with van der Waals surface area (Å²) in [6, 6.07) is 16.0. The van der Waals surface area contributed by atoms with Gasteiger partial charge in [0.15, 0.2) is 0 Å². The zero-order chi connectivity index (χ0) is 19.2. The van der Waals surface area contributed by atoms with Crippen molar-refractivity contribution in [2.24, 2.45) is 11.8 Å². The Balaban J connectivity index is 1.52. The van der Waals surface area contributed by atoms with Crippen LogP contribution >= 0.6 is 11.6 Å². The maximum absolute atomic E-state index is 12.5. The number of carbonyl (C=O) groups is 2. The Hall–Kier alpha value is -2.84. The molecule has 0 spiro atoms. The Morgan fingerprint density at radius 3 is 2.04 bits per heavy atom. The molecule has 2 aromatic carbocycles. The van der Waals surface area contributed by atoms with Crippen molar-refractivity contribution >= 4 is 34.8 Å². The van der Waals surface area contributed by atoms with Gasteiger partial charge in [0.05, 0.1) is 11.3 Å². The van der Waals surface area contributed by atoms with Gasteiger partial charge in [-0.15, -0.1) is 0 Å². The Morgan fingerprint density at radius 1 is 0.889 bits per heavy atom. The number of nitrogens with zero attached hydrogens (tertiary/aromatic N) is 1. The van der Waals surface area contributed by atoms with Crippen LogP contribution in [-0.4, -0.2) is 11.8 Å². The molecule has 0 radical (unpaired) electrons. The number of rotatable bonds is 4. The second-order valence-electron chi connectivity index (χ2n) is 6.69. The highest BCUT2D eigenvalue weighted by molar-refractivity contribution is 6.30. The summed E-state index contributed by atoms with van der Waals surface area (Å²) in [4.78, 5) is 24.9. The SMILES string of the molecule is N#Cc1ccccc1NC(=O)C1CCC(C(=O)Nc2ccc(Cl)cc2)CC1. The number of hydrogen-bond acceptors (Lipinski definition) is 3. The third-order valence-electron chi connectivity index (χ3n) is 4.89. The van der Waals surface area contributed by atoms with Crippen molar-refractivity contribution in [1.82, 2.24) is 0 Å². The summed E-state index contributed by atoms with van der Waals surface area (Å²) in [5.41, 5.74) is 1.70. The van der Waals surface area contributed by atoms with Gasteiger partial charge in [0.1, 0.15) is 6.07 Å². The quantitative estimate of drug-likeness (QED) is 0.812. The van der Waals surface area contributed by atoms with E-state index in [2.05, 4.69) is 16.7 Å². The first-order valence-electron chi connectivity index (χ1n) is 8.93. The highest BCUT2D eigenvalue weighted by Crippen LogP contribution is 2.31. The summed E-state index contributed by atoms with van der Waals surface area (Å²) in [6.45, 7) is 0. The smallest absolute Gasteiger partial charge is 0.227 e. The number of anilines is 2. The lowest BCUT2D eigenvalue weighted by Gasteiger charge is -2.27. The molecule has 0 aliphatic heterocycles. The molecule has 0 unspecified atom stereocenters. The van der Waals surface area contributed by atoms with Crippen LogP contribution in [0.3, 0.4) is 0 Å². The van der Waals surface area contributed by atoms with Crippen LogP contribution in [0.4, 0.5) is 11.4 Å². The maximum atomic E-state index is 12.5. The molecule has 3 rings (SSSR count). The molecule has 1 saturated carbocycles. The van der Waals surface area contributed by atoms with Crippen molar-refractivity contribution in [2.45, 2.75) is 25.7 Å². The number of nitriles is 1.